The van der Waals surface area contributed by atoms with Gasteiger partial charge in [0.05, 0.1) is 18.3 Å². The molecule has 0 amide bonds. The molecule has 1 aromatic carbocycles. The molecule has 4 nitrogen and oxygen atoms in total. The van der Waals surface area contributed by atoms with Gasteiger partial charge in [-0.3, -0.25) is 0 Å². The number of nitrogen functional groups attached to an aromatic ring is 1. The van der Waals surface area contributed by atoms with E-state index < -0.39 is 5.97 Å². The first-order valence-corrected chi connectivity index (χ1v) is 5.94. The number of anilines is 1. The summed E-state index contributed by atoms with van der Waals surface area (Å²) in [6, 6.07) is 5.13. The Bertz CT molecular complexity index is 413. The summed E-state index contributed by atoms with van der Waals surface area (Å²) in [5.74, 6) is 0.288. The molecule has 0 heterocycles. The van der Waals surface area contributed by atoms with Crippen LogP contribution < -0.4 is 10.5 Å². The normalized spacial score (nSPS) is 15.1. The zero-order valence-corrected chi connectivity index (χ0v) is 9.94. The Morgan fingerprint density at radius 3 is 2.82 bits per heavy atom. The van der Waals surface area contributed by atoms with Crippen LogP contribution in [-0.4, -0.2) is 18.7 Å². The third-order valence-electron chi connectivity index (χ3n) is 2.88. The van der Waals surface area contributed by atoms with E-state index in [9.17, 15) is 4.79 Å². The molecular formula is C13H17NO3. The minimum absolute atomic E-state index is 0.286. The maximum atomic E-state index is 11.6. The molecule has 1 fully saturated rings. The van der Waals surface area contributed by atoms with Crippen LogP contribution in [0.2, 0.25) is 0 Å². The number of carbonyl (C=O) groups excluding carboxylic acids is 1. The average molecular weight is 235 g/mol. The molecule has 1 aliphatic rings. The van der Waals surface area contributed by atoms with Crippen LogP contribution in [-0.2, 0) is 4.74 Å². The van der Waals surface area contributed by atoms with Crippen LogP contribution in [0.15, 0.2) is 18.2 Å². The molecule has 4 heteroatoms. The number of rotatable bonds is 4. The van der Waals surface area contributed by atoms with Crippen molar-refractivity contribution in [1.29, 1.82) is 0 Å². The Kier molecular flexibility index (Phi) is 3.52. The standard InChI is InChI=1S/C13H17NO3/c1-2-16-13(15)11-8-10(6-7-12(11)14)17-9-4-3-5-9/h6-9H,2-5,14H2,1H3. The van der Waals surface area contributed by atoms with Crippen LogP contribution in [0, 0.1) is 0 Å². The maximum Gasteiger partial charge on any atom is 0.340 e. The van der Waals surface area contributed by atoms with E-state index in [1.165, 1.54) is 6.42 Å². The van der Waals surface area contributed by atoms with Crippen molar-refractivity contribution in [2.24, 2.45) is 0 Å². The fourth-order valence-electron chi connectivity index (χ4n) is 1.68. The number of hydrogen-bond donors (Lipinski definition) is 1. The molecule has 0 saturated heterocycles. The van der Waals surface area contributed by atoms with Gasteiger partial charge in [-0.2, -0.15) is 0 Å². The van der Waals surface area contributed by atoms with Crippen LogP contribution in [0.25, 0.3) is 0 Å². The SMILES string of the molecule is CCOC(=O)c1cc(OC2CCC2)ccc1N. The fraction of sp³-hybridized carbons (Fsp3) is 0.462. The fourth-order valence-corrected chi connectivity index (χ4v) is 1.68. The summed E-state index contributed by atoms with van der Waals surface area (Å²) in [6.45, 7) is 2.11. The monoisotopic (exact) mass is 235 g/mol. The van der Waals surface area contributed by atoms with Gasteiger partial charge in [0, 0.05) is 5.69 Å². The van der Waals surface area contributed by atoms with Gasteiger partial charge in [0.2, 0.25) is 0 Å². The molecule has 0 bridgehead atoms. The molecule has 1 aliphatic carbocycles. The first kappa shape index (κ1) is 11.8. The smallest absolute Gasteiger partial charge is 0.340 e. The van der Waals surface area contributed by atoms with Gasteiger partial charge in [-0.15, -0.1) is 0 Å². The third kappa shape index (κ3) is 2.70. The van der Waals surface area contributed by atoms with E-state index in [1.54, 1.807) is 25.1 Å². The largest absolute Gasteiger partial charge is 0.490 e. The minimum Gasteiger partial charge on any atom is -0.490 e. The summed E-state index contributed by atoms with van der Waals surface area (Å²) in [4.78, 5) is 11.6. The molecule has 0 spiro atoms. The van der Waals surface area contributed by atoms with Crippen molar-refractivity contribution >= 4 is 11.7 Å². The summed E-state index contributed by atoms with van der Waals surface area (Å²) in [7, 11) is 0. The Balaban J connectivity index is 2.13. The van der Waals surface area contributed by atoms with Crippen LogP contribution in [0.3, 0.4) is 0 Å². The number of esters is 1. The number of ether oxygens (including phenoxy) is 2. The van der Waals surface area contributed by atoms with Crippen molar-refractivity contribution in [2.45, 2.75) is 32.3 Å². The Morgan fingerprint density at radius 1 is 1.47 bits per heavy atom. The van der Waals surface area contributed by atoms with E-state index in [4.69, 9.17) is 15.2 Å². The Morgan fingerprint density at radius 2 is 2.24 bits per heavy atom. The maximum absolute atomic E-state index is 11.6. The number of nitrogens with two attached hydrogens (primary N) is 1. The highest BCUT2D eigenvalue weighted by molar-refractivity contribution is 5.95. The summed E-state index contributed by atoms with van der Waals surface area (Å²) in [6.07, 6.45) is 3.66. The van der Waals surface area contributed by atoms with E-state index in [2.05, 4.69) is 0 Å². The molecule has 1 aromatic rings. The van der Waals surface area contributed by atoms with E-state index in [1.807, 2.05) is 0 Å². The van der Waals surface area contributed by atoms with E-state index in [-0.39, 0.29) is 6.10 Å². The Labute approximate surface area is 101 Å². The van der Waals surface area contributed by atoms with Crippen LogP contribution in [0.1, 0.15) is 36.5 Å². The molecular weight excluding hydrogens is 218 g/mol. The Hall–Kier alpha value is -1.71. The lowest BCUT2D eigenvalue weighted by Crippen LogP contribution is -2.24. The highest BCUT2D eigenvalue weighted by Crippen LogP contribution is 2.27. The molecule has 17 heavy (non-hydrogen) atoms. The second-order valence-electron chi connectivity index (χ2n) is 4.14. The quantitative estimate of drug-likeness (QED) is 0.643. The molecule has 0 radical (unpaired) electrons. The molecule has 0 aliphatic heterocycles. The topological polar surface area (TPSA) is 61.5 Å². The van der Waals surface area contributed by atoms with Gasteiger partial charge in [-0.05, 0) is 44.4 Å². The molecule has 1 saturated carbocycles. The molecule has 2 rings (SSSR count). The zero-order chi connectivity index (χ0) is 12.3. The van der Waals surface area contributed by atoms with Crippen LogP contribution in [0.5, 0.6) is 5.75 Å². The van der Waals surface area contributed by atoms with E-state index >= 15 is 0 Å². The van der Waals surface area contributed by atoms with Crippen molar-refractivity contribution in [3.63, 3.8) is 0 Å². The molecule has 92 valence electrons. The van der Waals surface area contributed by atoms with Crippen molar-refractivity contribution in [3.8, 4) is 5.75 Å². The second kappa shape index (κ2) is 5.08. The number of benzene rings is 1. The lowest BCUT2D eigenvalue weighted by molar-refractivity contribution is 0.0526. The molecule has 2 N–H and O–H groups in total. The van der Waals surface area contributed by atoms with Crippen LogP contribution in [0.4, 0.5) is 5.69 Å². The predicted octanol–water partition coefficient (Wildman–Crippen LogP) is 2.38. The van der Waals surface area contributed by atoms with Gasteiger partial charge in [0.1, 0.15) is 5.75 Å². The highest BCUT2D eigenvalue weighted by Gasteiger charge is 2.20. The lowest BCUT2D eigenvalue weighted by atomic mass is 9.96. The summed E-state index contributed by atoms with van der Waals surface area (Å²) < 4.78 is 10.6. The third-order valence-corrected chi connectivity index (χ3v) is 2.88. The predicted molar refractivity (Wildman–Crippen MR) is 65.1 cm³/mol. The minimum atomic E-state index is -0.399. The number of carbonyl (C=O) groups is 1. The second-order valence-corrected chi connectivity index (χ2v) is 4.14. The van der Waals surface area contributed by atoms with Crippen molar-refractivity contribution in [2.75, 3.05) is 12.3 Å². The van der Waals surface area contributed by atoms with Gasteiger partial charge in [-0.1, -0.05) is 0 Å². The van der Waals surface area contributed by atoms with Crippen molar-refractivity contribution < 1.29 is 14.3 Å². The van der Waals surface area contributed by atoms with Gasteiger partial charge >= 0.3 is 5.97 Å². The number of hydrogen-bond acceptors (Lipinski definition) is 4. The summed E-state index contributed by atoms with van der Waals surface area (Å²) in [5.41, 5.74) is 6.54. The first-order chi connectivity index (χ1) is 8.20. The van der Waals surface area contributed by atoms with Crippen molar-refractivity contribution in [1.82, 2.24) is 0 Å². The van der Waals surface area contributed by atoms with Gasteiger partial charge in [-0.25, -0.2) is 4.79 Å². The van der Waals surface area contributed by atoms with Crippen molar-refractivity contribution in [3.05, 3.63) is 23.8 Å². The first-order valence-electron chi connectivity index (χ1n) is 5.94. The average Bonchev–Trinajstić information content (AvgIpc) is 2.25. The molecule has 0 aromatic heterocycles. The molecule has 0 unspecified atom stereocenters. The molecule has 0 atom stereocenters. The van der Waals surface area contributed by atoms with Gasteiger partial charge in [0.25, 0.3) is 0 Å². The summed E-state index contributed by atoms with van der Waals surface area (Å²) >= 11 is 0. The van der Waals surface area contributed by atoms with Gasteiger partial charge in [0.15, 0.2) is 0 Å². The lowest BCUT2D eigenvalue weighted by Gasteiger charge is -2.26. The van der Waals surface area contributed by atoms with Gasteiger partial charge < -0.3 is 15.2 Å². The van der Waals surface area contributed by atoms with E-state index in [0.717, 1.165) is 12.8 Å². The van der Waals surface area contributed by atoms with E-state index in [0.29, 0.717) is 23.6 Å². The van der Waals surface area contributed by atoms with Crippen LogP contribution >= 0.6 is 0 Å². The summed E-state index contributed by atoms with van der Waals surface area (Å²) in [5, 5.41) is 0. The highest BCUT2D eigenvalue weighted by atomic mass is 16.5. The zero-order valence-electron chi connectivity index (χ0n) is 9.94.